The maximum Gasteiger partial charge on any atom is 0.130 e. The minimum absolute atomic E-state index is 0.137. The van der Waals surface area contributed by atoms with Gasteiger partial charge in [-0.05, 0) is 82.7 Å². The van der Waals surface area contributed by atoms with Crippen molar-refractivity contribution in [3.63, 3.8) is 0 Å². The molecule has 0 aliphatic heterocycles. The summed E-state index contributed by atoms with van der Waals surface area (Å²) in [4.78, 5) is 4.91. The van der Waals surface area contributed by atoms with Crippen LogP contribution in [0.1, 0.15) is 74.7 Å². The van der Waals surface area contributed by atoms with Gasteiger partial charge in [-0.2, -0.15) is 0 Å². The maximum absolute atomic E-state index is 14.6. The number of methoxy groups -OCH3 is 1. The number of anilines is 1. The van der Waals surface area contributed by atoms with Gasteiger partial charge < -0.3 is 15.8 Å². The molecule has 0 amide bonds. The number of rotatable bonds is 7. The highest BCUT2D eigenvalue weighted by Crippen LogP contribution is 2.33. The number of benzene rings is 1. The van der Waals surface area contributed by atoms with E-state index in [2.05, 4.69) is 30.4 Å². The third-order valence-corrected chi connectivity index (χ3v) is 6.49. The van der Waals surface area contributed by atoms with Gasteiger partial charge in [0.1, 0.15) is 11.4 Å². The molecule has 1 aliphatic rings. The fourth-order valence-corrected chi connectivity index (χ4v) is 4.26. The Bertz CT molecular complexity index is 967. The summed E-state index contributed by atoms with van der Waals surface area (Å²) >= 11 is 0. The van der Waals surface area contributed by atoms with E-state index >= 15 is 0 Å². The van der Waals surface area contributed by atoms with E-state index in [0.29, 0.717) is 17.2 Å². The smallest absolute Gasteiger partial charge is 0.130 e. The number of nitrogens with two attached hydrogens (primary N) is 1. The Morgan fingerprint density at radius 2 is 2.13 bits per heavy atom. The highest BCUT2D eigenvalue weighted by Gasteiger charge is 2.27. The van der Waals surface area contributed by atoms with Crippen LogP contribution < -0.4 is 11.1 Å². The Hall–Kier alpha value is -2.40. The van der Waals surface area contributed by atoms with Crippen LogP contribution in [0.4, 0.5) is 10.1 Å². The molecule has 1 heterocycles. The fourth-order valence-electron chi connectivity index (χ4n) is 4.26. The number of ether oxygens (including phenoxy) is 1. The lowest BCUT2D eigenvalue weighted by Crippen LogP contribution is -2.29. The first kappa shape index (κ1) is 23.3. The molecule has 0 bridgehead atoms. The van der Waals surface area contributed by atoms with Gasteiger partial charge in [-0.15, -0.1) is 0 Å². The molecule has 1 aromatic carbocycles. The summed E-state index contributed by atoms with van der Waals surface area (Å²) < 4.78 is 20.2. The third kappa shape index (κ3) is 5.09. The van der Waals surface area contributed by atoms with Crippen LogP contribution in [0, 0.1) is 18.7 Å². The summed E-state index contributed by atoms with van der Waals surface area (Å²) in [6.07, 6.45) is 6.06. The Kier molecular flexibility index (Phi) is 7.05. The number of pyridine rings is 1. The molecular formula is C26H36FN3O. The van der Waals surface area contributed by atoms with Crippen molar-refractivity contribution >= 4 is 5.69 Å². The van der Waals surface area contributed by atoms with Crippen LogP contribution in [0.15, 0.2) is 36.0 Å². The zero-order chi connectivity index (χ0) is 22.8. The van der Waals surface area contributed by atoms with E-state index in [-0.39, 0.29) is 11.9 Å². The van der Waals surface area contributed by atoms with Crippen LogP contribution in [0.3, 0.4) is 0 Å². The minimum atomic E-state index is -0.391. The summed E-state index contributed by atoms with van der Waals surface area (Å²) in [5.74, 6) is 0.112. The standard InChI is InChI=1S/C26H36FN3O/c1-7-8-23(29-17(3)20-13-16(2)22(28)15-21(20)27)18-9-11-24-19(14-18)10-12-25(30-24)26(4,5)31-6/h8,10,12-13,15,17-18,29H,7,9,11,14,28H2,1-6H3/b23-8-. The Morgan fingerprint density at radius 1 is 1.39 bits per heavy atom. The highest BCUT2D eigenvalue weighted by molar-refractivity contribution is 5.49. The van der Waals surface area contributed by atoms with Crippen LogP contribution in [0.5, 0.6) is 0 Å². The van der Waals surface area contributed by atoms with Gasteiger partial charge >= 0.3 is 0 Å². The molecule has 2 atom stereocenters. The summed E-state index contributed by atoms with van der Waals surface area (Å²) in [5, 5.41) is 3.61. The van der Waals surface area contributed by atoms with E-state index in [1.807, 2.05) is 33.8 Å². The van der Waals surface area contributed by atoms with Gasteiger partial charge in [0, 0.05) is 35.7 Å². The molecule has 0 fully saturated rings. The minimum Gasteiger partial charge on any atom is -0.398 e. The Labute approximate surface area is 186 Å². The molecule has 1 aliphatic carbocycles. The number of hydrogen-bond acceptors (Lipinski definition) is 4. The van der Waals surface area contributed by atoms with E-state index in [1.165, 1.54) is 23.0 Å². The number of aryl methyl sites for hydroxylation is 2. The number of nitrogen functional groups attached to an aromatic ring is 1. The highest BCUT2D eigenvalue weighted by atomic mass is 19.1. The van der Waals surface area contributed by atoms with Crippen LogP contribution in [-0.4, -0.2) is 12.1 Å². The molecule has 0 saturated heterocycles. The molecule has 4 nitrogen and oxygen atoms in total. The number of nitrogens with zero attached hydrogens (tertiary/aromatic N) is 1. The molecule has 3 rings (SSSR count). The fraction of sp³-hybridized carbons (Fsp3) is 0.500. The van der Waals surface area contributed by atoms with Gasteiger partial charge in [0.05, 0.1) is 11.7 Å². The zero-order valence-electron chi connectivity index (χ0n) is 19.7. The normalized spacial score (nSPS) is 17.9. The number of halogens is 1. The van der Waals surface area contributed by atoms with E-state index in [9.17, 15) is 4.39 Å². The largest absolute Gasteiger partial charge is 0.398 e. The predicted molar refractivity (Wildman–Crippen MR) is 125 cm³/mol. The second kappa shape index (κ2) is 9.39. The molecule has 0 radical (unpaired) electrons. The summed E-state index contributed by atoms with van der Waals surface area (Å²) in [6.45, 7) is 10.1. The van der Waals surface area contributed by atoms with Crippen molar-refractivity contribution in [1.82, 2.24) is 10.3 Å². The molecule has 2 unspecified atom stereocenters. The van der Waals surface area contributed by atoms with Gasteiger partial charge in [0.15, 0.2) is 0 Å². The van der Waals surface area contributed by atoms with Crippen molar-refractivity contribution in [2.24, 2.45) is 5.92 Å². The van der Waals surface area contributed by atoms with Gasteiger partial charge in [-0.3, -0.25) is 4.98 Å². The van der Waals surface area contributed by atoms with Gasteiger partial charge in [-0.1, -0.05) is 19.1 Å². The van der Waals surface area contributed by atoms with Crippen molar-refractivity contribution in [2.45, 2.75) is 71.9 Å². The Balaban J connectivity index is 1.79. The third-order valence-electron chi connectivity index (χ3n) is 6.49. The lowest BCUT2D eigenvalue weighted by molar-refractivity contribution is 0.0153. The molecule has 3 N–H and O–H groups in total. The van der Waals surface area contributed by atoms with Crippen LogP contribution >= 0.6 is 0 Å². The number of allylic oxidation sites excluding steroid dienone is 2. The number of hydrogen-bond donors (Lipinski definition) is 2. The van der Waals surface area contributed by atoms with Gasteiger partial charge in [0.2, 0.25) is 0 Å². The first-order chi connectivity index (χ1) is 14.7. The van der Waals surface area contributed by atoms with Crippen molar-refractivity contribution < 1.29 is 9.13 Å². The maximum atomic E-state index is 14.6. The second-order valence-electron chi connectivity index (χ2n) is 9.12. The summed E-state index contributed by atoms with van der Waals surface area (Å²) in [6, 6.07) is 7.41. The first-order valence-electron chi connectivity index (χ1n) is 11.2. The first-order valence-corrected chi connectivity index (χ1v) is 11.2. The van der Waals surface area contributed by atoms with E-state index in [0.717, 1.165) is 36.9 Å². The Morgan fingerprint density at radius 3 is 2.81 bits per heavy atom. The van der Waals surface area contributed by atoms with E-state index in [1.54, 1.807) is 7.11 Å². The van der Waals surface area contributed by atoms with Crippen molar-refractivity contribution in [3.8, 4) is 0 Å². The topological polar surface area (TPSA) is 60.2 Å². The van der Waals surface area contributed by atoms with Crippen LogP contribution in [-0.2, 0) is 23.2 Å². The zero-order valence-corrected chi connectivity index (χ0v) is 19.7. The molecule has 31 heavy (non-hydrogen) atoms. The van der Waals surface area contributed by atoms with Crippen molar-refractivity contribution in [1.29, 1.82) is 0 Å². The molecule has 5 heteroatoms. The molecular weight excluding hydrogens is 389 g/mol. The van der Waals surface area contributed by atoms with Gasteiger partial charge in [0.25, 0.3) is 0 Å². The average Bonchev–Trinajstić information content (AvgIpc) is 2.75. The average molecular weight is 426 g/mol. The van der Waals surface area contributed by atoms with E-state index in [4.69, 9.17) is 15.5 Å². The summed E-state index contributed by atoms with van der Waals surface area (Å²) in [7, 11) is 1.72. The summed E-state index contributed by atoms with van der Waals surface area (Å²) in [5.41, 5.74) is 12.1. The lowest BCUT2D eigenvalue weighted by Gasteiger charge is -2.31. The predicted octanol–water partition coefficient (Wildman–Crippen LogP) is 5.74. The molecule has 2 aromatic rings. The molecule has 0 spiro atoms. The monoisotopic (exact) mass is 425 g/mol. The number of nitrogens with one attached hydrogen (secondary N) is 1. The van der Waals surface area contributed by atoms with E-state index < -0.39 is 5.60 Å². The van der Waals surface area contributed by atoms with Crippen molar-refractivity contribution in [3.05, 3.63) is 69.9 Å². The lowest BCUT2D eigenvalue weighted by atomic mass is 9.83. The van der Waals surface area contributed by atoms with Crippen LogP contribution in [0.25, 0.3) is 0 Å². The molecule has 1 aromatic heterocycles. The SMILES string of the molecule is CC/C=C(\NC(C)c1cc(C)c(N)cc1F)C1CCc2nc(C(C)(C)OC)ccc2C1. The number of fused-ring (bicyclic) bond motifs is 1. The van der Waals surface area contributed by atoms with Crippen molar-refractivity contribution in [2.75, 3.05) is 12.8 Å². The number of aromatic nitrogens is 1. The van der Waals surface area contributed by atoms with Gasteiger partial charge in [-0.25, -0.2) is 4.39 Å². The quantitative estimate of drug-likeness (QED) is 0.555. The second-order valence-corrected chi connectivity index (χ2v) is 9.12. The molecule has 168 valence electrons. The van der Waals surface area contributed by atoms with Crippen LogP contribution in [0.2, 0.25) is 0 Å². The molecule has 0 saturated carbocycles.